The van der Waals surface area contributed by atoms with Gasteiger partial charge in [0.05, 0.1) is 35.7 Å². The number of rotatable bonds is 8. The molecule has 2 aromatic heterocycles. The number of ether oxygens (including phenoxy) is 1. The van der Waals surface area contributed by atoms with E-state index in [0.717, 1.165) is 11.1 Å². The van der Waals surface area contributed by atoms with Gasteiger partial charge in [-0.05, 0) is 52.6 Å². The lowest BCUT2D eigenvalue weighted by molar-refractivity contribution is -0.127. The Morgan fingerprint density at radius 3 is 2.52 bits per heavy atom. The fourth-order valence-electron chi connectivity index (χ4n) is 6.21. The first kappa shape index (κ1) is 29.5. The van der Waals surface area contributed by atoms with Crippen LogP contribution >= 0.6 is 11.6 Å². The molecule has 230 valence electrons. The number of hydrogen-bond acceptors (Lipinski definition) is 8. The number of aliphatic hydroxyl groups excluding tert-OH is 1. The molecule has 0 saturated heterocycles. The number of para-hydroxylation sites is 1. The molecule has 0 radical (unpaired) electrons. The number of carbonyl (C=O) groups is 1. The van der Waals surface area contributed by atoms with Crippen molar-refractivity contribution in [3.8, 4) is 11.5 Å². The second-order valence-electron chi connectivity index (χ2n) is 11.3. The zero-order valence-corrected chi connectivity index (χ0v) is 25.2. The Balaban J connectivity index is 1.19. The molecule has 2 heterocycles. The van der Waals surface area contributed by atoms with Gasteiger partial charge in [-0.15, -0.1) is 5.10 Å². The number of carbonyl (C=O) groups excluding carboxylic acids is 1. The normalized spacial score (nSPS) is 16.7. The first-order valence-corrected chi connectivity index (χ1v) is 15.1. The number of benzene rings is 4. The number of fused-ring (bicyclic) bond motifs is 2. The molecule has 0 fully saturated rings. The Bertz CT molecular complexity index is 2120. The van der Waals surface area contributed by atoms with E-state index in [4.69, 9.17) is 20.8 Å². The third-order valence-corrected chi connectivity index (χ3v) is 8.81. The Kier molecular flexibility index (Phi) is 7.86. The summed E-state index contributed by atoms with van der Waals surface area (Å²) in [5, 5.41) is 32.3. The van der Waals surface area contributed by atoms with Crippen molar-refractivity contribution in [2.45, 2.75) is 31.6 Å². The molecule has 10 heteroatoms. The largest absolute Gasteiger partial charge is 0.507 e. The molecule has 0 bridgehead atoms. The molecule has 4 aromatic carbocycles. The highest BCUT2D eigenvalue weighted by Crippen LogP contribution is 2.46. The van der Waals surface area contributed by atoms with Crippen LogP contribution in [-0.2, 0) is 24.4 Å². The Morgan fingerprint density at radius 2 is 1.70 bits per heavy atom. The molecule has 1 aliphatic carbocycles. The van der Waals surface area contributed by atoms with Crippen molar-refractivity contribution in [3.05, 3.63) is 152 Å². The van der Waals surface area contributed by atoms with E-state index in [1.165, 1.54) is 0 Å². The molecule has 46 heavy (non-hydrogen) atoms. The average molecular weight is 634 g/mol. The van der Waals surface area contributed by atoms with Gasteiger partial charge in [0.15, 0.2) is 0 Å². The maximum absolute atomic E-state index is 13.7. The van der Waals surface area contributed by atoms with Crippen LogP contribution in [0.3, 0.4) is 0 Å². The maximum atomic E-state index is 13.7. The minimum atomic E-state index is -1.21. The van der Waals surface area contributed by atoms with Gasteiger partial charge in [-0.25, -0.2) is 9.48 Å². The van der Waals surface area contributed by atoms with Crippen LogP contribution in [0.4, 0.5) is 0 Å². The predicted octanol–water partition coefficient (Wildman–Crippen LogP) is 5.98. The molecule has 0 aliphatic heterocycles. The third kappa shape index (κ3) is 5.55. The molecule has 6 aromatic rings. The molecule has 9 nitrogen and oxygen atoms in total. The van der Waals surface area contributed by atoms with E-state index in [1.54, 1.807) is 71.5 Å². The highest BCUT2D eigenvalue weighted by molar-refractivity contribution is 6.31. The fourth-order valence-corrected chi connectivity index (χ4v) is 6.41. The van der Waals surface area contributed by atoms with Crippen LogP contribution in [0, 0.1) is 5.92 Å². The Hall–Kier alpha value is -5.25. The average Bonchev–Trinajstić information content (AvgIpc) is 3.51. The van der Waals surface area contributed by atoms with Crippen molar-refractivity contribution in [1.29, 1.82) is 0 Å². The van der Waals surface area contributed by atoms with Gasteiger partial charge in [-0.1, -0.05) is 83.5 Å². The van der Waals surface area contributed by atoms with Crippen molar-refractivity contribution < 1.29 is 24.2 Å². The van der Waals surface area contributed by atoms with Gasteiger partial charge in [0.2, 0.25) is 0 Å². The van der Waals surface area contributed by atoms with Crippen LogP contribution in [0.25, 0.3) is 11.0 Å². The lowest BCUT2D eigenvalue weighted by Gasteiger charge is -2.35. The minimum absolute atomic E-state index is 0.0840. The summed E-state index contributed by atoms with van der Waals surface area (Å²) in [6.45, 7) is 0.617. The number of nitrogens with zero attached hydrogens (tertiary/aromatic N) is 3. The summed E-state index contributed by atoms with van der Waals surface area (Å²) in [6.07, 6.45) is 0.660. The van der Waals surface area contributed by atoms with Gasteiger partial charge in [0.1, 0.15) is 35.2 Å². The van der Waals surface area contributed by atoms with E-state index < -0.39 is 23.6 Å². The lowest BCUT2D eigenvalue weighted by Crippen LogP contribution is -2.36. The number of ketones is 1. The van der Waals surface area contributed by atoms with Crippen molar-refractivity contribution in [2.75, 3.05) is 0 Å². The van der Waals surface area contributed by atoms with Crippen LogP contribution < -0.4 is 10.4 Å². The monoisotopic (exact) mass is 633 g/mol. The first-order chi connectivity index (χ1) is 22.4. The van der Waals surface area contributed by atoms with E-state index in [1.807, 2.05) is 36.4 Å². The molecule has 2 N–H and O–H groups in total. The summed E-state index contributed by atoms with van der Waals surface area (Å²) in [4.78, 5) is 27.1. The van der Waals surface area contributed by atoms with Crippen LogP contribution in [-0.4, -0.2) is 31.0 Å². The Labute approximate surface area is 268 Å². The molecular formula is C36H28ClN3O6. The summed E-state index contributed by atoms with van der Waals surface area (Å²) < 4.78 is 13.3. The molecule has 7 rings (SSSR count). The lowest BCUT2D eigenvalue weighted by atomic mass is 9.69. The number of Topliss-reactive ketones (excluding diaryl/α,β-unsaturated/α-hetero) is 1. The standard InChI is InChI=1S/C36H28ClN3O6/c37-28-11-5-2-8-23(28)18-40-19-24(38-39-40)20-45-25-15-13-21(14-16-25)31(32-29(41)17-22-7-1-3-9-26(22)34(32)42)33-35(43)27-10-4-6-12-30(27)46-36(33)44/h1-16,19,31-32,34,42-43H,17-18,20H2. The van der Waals surface area contributed by atoms with E-state index in [9.17, 15) is 19.8 Å². The quantitative estimate of drug-likeness (QED) is 0.196. The number of aromatic hydroxyl groups is 1. The zero-order chi connectivity index (χ0) is 31.8. The second-order valence-corrected chi connectivity index (χ2v) is 11.7. The van der Waals surface area contributed by atoms with E-state index in [0.29, 0.717) is 39.5 Å². The number of aliphatic hydroxyl groups is 1. The van der Waals surface area contributed by atoms with Crippen molar-refractivity contribution in [2.24, 2.45) is 5.92 Å². The van der Waals surface area contributed by atoms with E-state index >= 15 is 0 Å². The maximum Gasteiger partial charge on any atom is 0.343 e. The molecule has 0 spiro atoms. The highest BCUT2D eigenvalue weighted by atomic mass is 35.5. The first-order valence-electron chi connectivity index (χ1n) is 14.8. The smallest absolute Gasteiger partial charge is 0.343 e. The molecule has 1 aliphatic rings. The van der Waals surface area contributed by atoms with E-state index in [2.05, 4.69) is 10.3 Å². The van der Waals surface area contributed by atoms with Crippen molar-refractivity contribution in [1.82, 2.24) is 15.0 Å². The topological polar surface area (TPSA) is 128 Å². The highest BCUT2D eigenvalue weighted by Gasteiger charge is 2.43. The van der Waals surface area contributed by atoms with Gasteiger partial charge in [0, 0.05) is 17.4 Å². The number of aromatic nitrogens is 3. The van der Waals surface area contributed by atoms with Gasteiger partial charge >= 0.3 is 5.63 Å². The molecule has 3 unspecified atom stereocenters. The van der Waals surface area contributed by atoms with Gasteiger partial charge < -0.3 is 19.4 Å². The van der Waals surface area contributed by atoms with Gasteiger partial charge in [-0.3, -0.25) is 4.79 Å². The predicted molar refractivity (Wildman–Crippen MR) is 171 cm³/mol. The van der Waals surface area contributed by atoms with Crippen molar-refractivity contribution in [3.63, 3.8) is 0 Å². The Morgan fingerprint density at radius 1 is 0.957 bits per heavy atom. The summed E-state index contributed by atoms with van der Waals surface area (Å²) in [7, 11) is 0. The van der Waals surface area contributed by atoms with Crippen LogP contribution in [0.15, 0.2) is 112 Å². The van der Waals surface area contributed by atoms with Gasteiger partial charge in [0.25, 0.3) is 0 Å². The van der Waals surface area contributed by atoms with Crippen LogP contribution in [0.5, 0.6) is 11.5 Å². The van der Waals surface area contributed by atoms with E-state index in [-0.39, 0.29) is 35.7 Å². The molecule has 0 amide bonds. The number of hydrogen-bond donors (Lipinski definition) is 2. The minimum Gasteiger partial charge on any atom is -0.507 e. The molecule has 3 atom stereocenters. The van der Waals surface area contributed by atoms with Crippen molar-refractivity contribution >= 4 is 28.4 Å². The summed E-state index contributed by atoms with van der Waals surface area (Å²) >= 11 is 6.27. The number of halogens is 1. The molecular weight excluding hydrogens is 606 g/mol. The zero-order valence-electron chi connectivity index (χ0n) is 24.4. The summed E-state index contributed by atoms with van der Waals surface area (Å²) in [5.41, 5.74) is 2.78. The second kappa shape index (κ2) is 12.3. The van der Waals surface area contributed by atoms with Gasteiger partial charge in [-0.2, -0.15) is 0 Å². The van der Waals surface area contributed by atoms with Crippen LogP contribution in [0.1, 0.15) is 45.5 Å². The summed E-state index contributed by atoms with van der Waals surface area (Å²) in [6, 6.07) is 28.3. The summed E-state index contributed by atoms with van der Waals surface area (Å²) in [5.74, 6) is -2.07. The molecule has 0 saturated carbocycles. The third-order valence-electron chi connectivity index (χ3n) is 8.44. The fraction of sp³-hybridized carbons (Fsp3) is 0.167. The van der Waals surface area contributed by atoms with Crippen LogP contribution in [0.2, 0.25) is 5.02 Å². The SMILES string of the molecule is O=C1Cc2ccccc2C(O)C1C(c1ccc(OCc2cn(Cc3ccccc3Cl)nn2)cc1)c1c(O)c2ccccc2oc1=O.